The highest BCUT2D eigenvalue weighted by Gasteiger charge is 2.57. The fourth-order valence-corrected chi connectivity index (χ4v) is 4.10. The Morgan fingerprint density at radius 2 is 2.20 bits per heavy atom. The molecule has 3 rings (SSSR count). The van der Waals surface area contributed by atoms with Crippen molar-refractivity contribution in [2.24, 2.45) is 11.8 Å². The van der Waals surface area contributed by atoms with Crippen LogP contribution in [-0.4, -0.2) is 69.8 Å². The topological polar surface area (TPSA) is 107 Å². The van der Waals surface area contributed by atoms with Gasteiger partial charge in [-0.15, -0.1) is 0 Å². The van der Waals surface area contributed by atoms with Crippen molar-refractivity contribution in [1.29, 1.82) is 0 Å². The summed E-state index contributed by atoms with van der Waals surface area (Å²) in [7, 11) is 0. The van der Waals surface area contributed by atoms with Crippen LogP contribution in [-0.2, 0) is 14.3 Å². The summed E-state index contributed by atoms with van der Waals surface area (Å²) in [6, 6.07) is -0.296. The summed E-state index contributed by atoms with van der Waals surface area (Å²) >= 11 is 0. The number of ether oxygens (including phenoxy) is 1. The van der Waals surface area contributed by atoms with E-state index in [1.165, 1.54) is 11.0 Å². The Hall–Kier alpha value is -2.35. The van der Waals surface area contributed by atoms with Crippen molar-refractivity contribution < 1.29 is 29.3 Å². The second-order valence-electron chi connectivity index (χ2n) is 6.72. The Labute approximate surface area is 145 Å². The average molecular weight is 350 g/mol. The minimum Gasteiger partial charge on any atom is -0.477 e. The number of hydrogen-bond donors (Lipinski definition) is 2. The number of hydrogen-bond acceptors (Lipinski definition) is 5. The molecule has 0 aromatic heterocycles. The molecule has 4 atom stereocenters. The highest BCUT2D eigenvalue weighted by molar-refractivity contribution is 5.99. The minimum atomic E-state index is -1.14. The number of β-lactam (4-membered cyclic amide) rings is 1. The fourth-order valence-electron chi connectivity index (χ4n) is 4.10. The van der Waals surface area contributed by atoms with Gasteiger partial charge in [0.25, 0.3) is 0 Å². The first-order valence-corrected chi connectivity index (χ1v) is 8.36. The van der Waals surface area contributed by atoms with Gasteiger partial charge in [0.2, 0.25) is 5.91 Å². The number of aliphatic hydroxyl groups excluding tert-OH is 1. The standard InChI is InChI=1S/C17H22N2O6/c1-3-6-25-17(24)18-5-4-10(8-18)11-7-12-13(9(2)20)15(21)19(12)14(11)16(22)23/h3,9-10,12-13,20H,1,4-8H2,2H3,(H,22,23)/t9-,10-,12-,13-/m1/s1. The number of amides is 2. The normalized spacial score (nSPS) is 29.4. The molecule has 25 heavy (non-hydrogen) atoms. The third-order valence-electron chi connectivity index (χ3n) is 5.23. The van der Waals surface area contributed by atoms with Gasteiger partial charge >= 0.3 is 12.1 Å². The van der Waals surface area contributed by atoms with E-state index in [4.69, 9.17) is 4.74 Å². The summed E-state index contributed by atoms with van der Waals surface area (Å²) in [4.78, 5) is 38.7. The summed E-state index contributed by atoms with van der Waals surface area (Å²) in [6.07, 6.45) is 1.29. The smallest absolute Gasteiger partial charge is 0.410 e. The number of rotatable bonds is 5. The lowest BCUT2D eigenvalue weighted by Crippen LogP contribution is -2.61. The van der Waals surface area contributed by atoms with Crippen molar-refractivity contribution in [3.05, 3.63) is 23.9 Å². The van der Waals surface area contributed by atoms with E-state index in [2.05, 4.69) is 6.58 Å². The van der Waals surface area contributed by atoms with E-state index in [1.807, 2.05) is 0 Å². The Morgan fingerprint density at radius 1 is 1.48 bits per heavy atom. The summed E-state index contributed by atoms with van der Waals surface area (Å²) < 4.78 is 5.02. The Bertz CT molecular complexity index is 656. The number of carbonyl (C=O) groups excluding carboxylic acids is 2. The zero-order valence-electron chi connectivity index (χ0n) is 14.1. The Kier molecular flexibility index (Phi) is 4.55. The van der Waals surface area contributed by atoms with E-state index in [9.17, 15) is 24.6 Å². The number of carbonyl (C=O) groups is 3. The Morgan fingerprint density at radius 3 is 2.80 bits per heavy atom. The predicted molar refractivity (Wildman–Crippen MR) is 86.3 cm³/mol. The molecule has 2 saturated heterocycles. The van der Waals surface area contributed by atoms with Crippen molar-refractivity contribution in [3.63, 3.8) is 0 Å². The first kappa shape index (κ1) is 17.5. The maximum atomic E-state index is 12.2. The van der Waals surface area contributed by atoms with Crippen LogP contribution in [0.25, 0.3) is 0 Å². The molecule has 3 heterocycles. The van der Waals surface area contributed by atoms with Gasteiger partial charge in [0.05, 0.1) is 18.1 Å². The average Bonchev–Trinajstić information content (AvgIpc) is 3.14. The number of likely N-dealkylation sites (tertiary alicyclic amines) is 1. The summed E-state index contributed by atoms with van der Waals surface area (Å²) in [5, 5.41) is 19.3. The third kappa shape index (κ3) is 2.80. The summed E-state index contributed by atoms with van der Waals surface area (Å²) in [5.74, 6) is -2.15. The van der Waals surface area contributed by atoms with Crippen LogP contribution in [0.3, 0.4) is 0 Å². The molecule has 0 aliphatic carbocycles. The van der Waals surface area contributed by atoms with E-state index < -0.39 is 24.1 Å². The van der Waals surface area contributed by atoms with Crippen LogP contribution < -0.4 is 0 Å². The SMILES string of the molecule is C=CCOC(=O)N1CC[C@@H](C2=C(C(=O)O)N3C(=O)[C@H]([C@@H](C)O)[C@H]3C2)C1. The number of carboxylic acid groups (broad SMARTS) is 1. The van der Waals surface area contributed by atoms with Crippen LogP contribution in [0.4, 0.5) is 4.79 Å². The molecule has 0 aromatic rings. The van der Waals surface area contributed by atoms with E-state index in [0.717, 1.165) is 0 Å². The molecule has 0 bridgehead atoms. The second kappa shape index (κ2) is 6.51. The molecule has 0 unspecified atom stereocenters. The summed E-state index contributed by atoms with van der Waals surface area (Å²) in [6.45, 7) is 6.02. The quantitative estimate of drug-likeness (QED) is 0.555. The van der Waals surface area contributed by atoms with Crippen LogP contribution >= 0.6 is 0 Å². The number of aliphatic hydroxyl groups is 1. The molecular weight excluding hydrogens is 328 g/mol. The fraction of sp³-hybridized carbons (Fsp3) is 0.588. The molecule has 8 heteroatoms. The van der Waals surface area contributed by atoms with Crippen molar-refractivity contribution >= 4 is 18.0 Å². The lowest BCUT2D eigenvalue weighted by Gasteiger charge is -2.44. The minimum absolute atomic E-state index is 0.0261. The molecule has 0 spiro atoms. The van der Waals surface area contributed by atoms with Crippen molar-refractivity contribution in [2.45, 2.75) is 31.9 Å². The van der Waals surface area contributed by atoms with E-state index in [0.29, 0.717) is 31.5 Å². The van der Waals surface area contributed by atoms with E-state index >= 15 is 0 Å². The van der Waals surface area contributed by atoms with Crippen molar-refractivity contribution in [2.75, 3.05) is 19.7 Å². The van der Waals surface area contributed by atoms with Crippen LogP contribution in [0, 0.1) is 11.8 Å². The van der Waals surface area contributed by atoms with Gasteiger partial charge in [0.1, 0.15) is 12.3 Å². The molecule has 0 radical (unpaired) electrons. The molecular formula is C17H22N2O6. The van der Waals surface area contributed by atoms with Gasteiger partial charge in [-0.2, -0.15) is 0 Å². The van der Waals surface area contributed by atoms with E-state index in [1.54, 1.807) is 11.8 Å². The first-order valence-electron chi connectivity index (χ1n) is 8.36. The van der Waals surface area contributed by atoms with Gasteiger partial charge in [-0.3, -0.25) is 4.79 Å². The second-order valence-corrected chi connectivity index (χ2v) is 6.72. The largest absolute Gasteiger partial charge is 0.477 e. The molecule has 2 N–H and O–H groups in total. The zero-order valence-corrected chi connectivity index (χ0v) is 14.1. The lowest BCUT2D eigenvalue weighted by atomic mass is 9.82. The first-order chi connectivity index (χ1) is 11.9. The third-order valence-corrected chi connectivity index (χ3v) is 5.23. The van der Waals surface area contributed by atoms with Gasteiger partial charge in [-0.05, 0) is 25.3 Å². The molecule has 0 aromatic carbocycles. The molecule has 3 aliphatic rings. The van der Waals surface area contributed by atoms with Crippen LogP contribution in [0.5, 0.6) is 0 Å². The maximum absolute atomic E-state index is 12.2. The number of carboxylic acids is 1. The molecule has 8 nitrogen and oxygen atoms in total. The van der Waals surface area contributed by atoms with Crippen LogP contribution in [0.15, 0.2) is 23.9 Å². The highest BCUT2D eigenvalue weighted by Crippen LogP contribution is 2.47. The number of fused-ring (bicyclic) bond motifs is 1. The van der Waals surface area contributed by atoms with Gasteiger partial charge in [0.15, 0.2) is 0 Å². The van der Waals surface area contributed by atoms with E-state index in [-0.39, 0.29) is 30.2 Å². The Balaban J connectivity index is 1.76. The number of nitrogens with zero attached hydrogens (tertiary/aromatic N) is 2. The molecule has 2 fully saturated rings. The van der Waals surface area contributed by atoms with Gasteiger partial charge in [-0.1, -0.05) is 12.7 Å². The lowest BCUT2D eigenvalue weighted by molar-refractivity contribution is -0.161. The monoisotopic (exact) mass is 350 g/mol. The summed E-state index contributed by atoms with van der Waals surface area (Å²) in [5.41, 5.74) is 0.714. The van der Waals surface area contributed by atoms with Crippen LogP contribution in [0.2, 0.25) is 0 Å². The van der Waals surface area contributed by atoms with Gasteiger partial charge in [-0.25, -0.2) is 9.59 Å². The van der Waals surface area contributed by atoms with Crippen molar-refractivity contribution in [1.82, 2.24) is 9.80 Å². The molecule has 136 valence electrons. The molecule has 3 aliphatic heterocycles. The molecule has 2 amide bonds. The maximum Gasteiger partial charge on any atom is 0.410 e. The van der Waals surface area contributed by atoms with Gasteiger partial charge in [0, 0.05) is 19.0 Å². The van der Waals surface area contributed by atoms with Crippen LogP contribution in [0.1, 0.15) is 19.8 Å². The van der Waals surface area contributed by atoms with Gasteiger partial charge < -0.3 is 24.7 Å². The molecule has 0 saturated carbocycles. The predicted octanol–water partition coefficient (Wildman–Crippen LogP) is 0.581. The zero-order chi connectivity index (χ0) is 18.3. The van der Waals surface area contributed by atoms with Crippen molar-refractivity contribution in [3.8, 4) is 0 Å². The highest BCUT2D eigenvalue weighted by atomic mass is 16.6. The number of aliphatic carboxylic acids is 1.